The Kier molecular flexibility index (Phi) is 13.5. The Morgan fingerprint density at radius 1 is 0.628 bits per heavy atom. The highest BCUT2D eigenvalue weighted by Crippen LogP contribution is 2.40. The number of methoxy groups -OCH3 is 6. The molecule has 2 N–H and O–H groups in total. The summed E-state index contributed by atoms with van der Waals surface area (Å²) in [4.78, 5) is 30.1. The molecule has 0 saturated carbocycles. The number of rotatable bonds is 16. The average Bonchev–Trinajstić information content (AvgIpc) is 3.25. The second kappa shape index (κ2) is 17.3. The van der Waals surface area contributed by atoms with Gasteiger partial charge in [0.15, 0.2) is 11.5 Å². The minimum atomic E-state index is -0.0944. The lowest BCUT2D eigenvalue weighted by atomic mass is 10.2. The monoisotopic (exact) mass is 602 g/mol. The summed E-state index contributed by atoms with van der Waals surface area (Å²) in [6, 6.07) is 6.87. The quantitative estimate of drug-likeness (QED) is 0.293. The number of carbonyl (C=O) groups excluding carboxylic acids is 2. The first-order valence-electron chi connectivity index (χ1n) is 14.5. The lowest BCUT2D eigenvalue weighted by Crippen LogP contribution is -2.32. The molecule has 3 rings (SSSR count). The molecule has 0 aromatic heterocycles. The molecular formula is C31H46N4O8. The molecule has 0 aliphatic carbocycles. The number of hydrogen-bond donors (Lipinski definition) is 2. The predicted octanol–water partition coefficient (Wildman–Crippen LogP) is 3.88. The van der Waals surface area contributed by atoms with E-state index in [1.54, 1.807) is 66.9 Å². The van der Waals surface area contributed by atoms with E-state index in [0.29, 0.717) is 58.7 Å². The third-order valence-electron chi connectivity index (χ3n) is 7.37. The Morgan fingerprint density at radius 2 is 1.12 bits per heavy atom. The van der Waals surface area contributed by atoms with Crippen LogP contribution in [0.2, 0.25) is 0 Å². The average molecular weight is 603 g/mol. The summed E-state index contributed by atoms with van der Waals surface area (Å²) >= 11 is 0. The zero-order valence-corrected chi connectivity index (χ0v) is 26.2. The molecule has 1 aliphatic heterocycles. The summed E-state index contributed by atoms with van der Waals surface area (Å²) in [6.45, 7) is 5.53. The van der Waals surface area contributed by atoms with Gasteiger partial charge in [-0.3, -0.25) is 9.59 Å². The molecule has 43 heavy (non-hydrogen) atoms. The van der Waals surface area contributed by atoms with Gasteiger partial charge in [0, 0.05) is 55.9 Å². The molecule has 0 unspecified atom stereocenters. The largest absolute Gasteiger partial charge is 0.496 e. The number of nitrogens with one attached hydrogen (secondary N) is 2. The van der Waals surface area contributed by atoms with Gasteiger partial charge in [-0.15, -0.1) is 0 Å². The van der Waals surface area contributed by atoms with Gasteiger partial charge in [-0.1, -0.05) is 0 Å². The van der Waals surface area contributed by atoms with Gasteiger partial charge < -0.3 is 48.9 Å². The summed E-state index contributed by atoms with van der Waals surface area (Å²) in [7, 11) is 9.27. The first kappa shape index (κ1) is 33.6. The number of hydrogen-bond acceptors (Lipinski definition) is 10. The van der Waals surface area contributed by atoms with Crippen LogP contribution in [0.25, 0.3) is 0 Å². The van der Waals surface area contributed by atoms with Gasteiger partial charge in [0.2, 0.25) is 17.6 Å². The van der Waals surface area contributed by atoms with Crippen molar-refractivity contribution in [3.05, 3.63) is 24.3 Å². The maximum Gasteiger partial charge on any atom is 0.224 e. The van der Waals surface area contributed by atoms with Gasteiger partial charge >= 0.3 is 0 Å². The Bertz CT molecular complexity index is 1160. The van der Waals surface area contributed by atoms with E-state index in [0.717, 1.165) is 58.5 Å². The number of anilines is 2. The van der Waals surface area contributed by atoms with Gasteiger partial charge in [0.05, 0.1) is 42.7 Å². The normalized spacial score (nSPS) is 13.9. The second-order valence-corrected chi connectivity index (χ2v) is 10.2. The summed E-state index contributed by atoms with van der Waals surface area (Å²) in [5.74, 6) is 2.86. The highest BCUT2D eigenvalue weighted by Gasteiger charge is 2.19. The molecule has 1 fully saturated rings. The van der Waals surface area contributed by atoms with Crippen molar-refractivity contribution >= 4 is 23.2 Å². The highest BCUT2D eigenvalue weighted by molar-refractivity contribution is 5.94. The van der Waals surface area contributed by atoms with Crippen molar-refractivity contribution in [2.45, 2.75) is 32.1 Å². The number of nitrogens with zero attached hydrogens (tertiary/aromatic N) is 2. The van der Waals surface area contributed by atoms with Crippen LogP contribution in [-0.4, -0.2) is 104 Å². The maximum absolute atomic E-state index is 12.7. The molecule has 12 heteroatoms. The van der Waals surface area contributed by atoms with Crippen LogP contribution in [0.1, 0.15) is 32.1 Å². The van der Waals surface area contributed by atoms with Crippen LogP contribution in [0, 0.1) is 0 Å². The van der Waals surface area contributed by atoms with Gasteiger partial charge in [-0.05, 0) is 45.4 Å². The molecule has 0 atom stereocenters. The van der Waals surface area contributed by atoms with Crippen molar-refractivity contribution in [1.29, 1.82) is 0 Å². The molecule has 2 amide bonds. The molecule has 0 bridgehead atoms. The molecule has 2 aromatic carbocycles. The van der Waals surface area contributed by atoms with Crippen molar-refractivity contribution in [1.82, 2.24) is 9.80 Å². The molecule has 1 heterocycles. The number of benzene rings is 2. The molecule has 0 radical (unpaired) electrons. The maximum atomic E-state index is 12.7. The second-order valence-electron chi connectivity index (χ2n) is 10.2. The third-order valence-corrected chi connectivity index (χ3v) is 7.37. The van der Waals surface area contributed by atoms with E-state index < -0.39 is 0 Å². The van der Waals surface area contributed by atoms with Crippen molar-refractivity contribution in [2.24, 2.45) is 0 Å². The van der Waals surface area contributed by atoms with Crippen LogP contribution in [0.15, 0.2) is 24.3 Å². The lowest BCUT2D eigenvalue weighted by molar-refractivity contribution is -0.117. The first-order chi connectivity index (χ1) is 20.8. The fraction of sp³-hybridized carbons (Fsp3) is 0.548. The molecular weight excluding hydrogens is 556 g/mol. The molecule has 2 aromatic rings. The van der Waals surface area contributed by atoms with Crippen molar-refractivity contribution in [3.63, 3.8) is 0 Å². The minimum Gasteiger partial charge on any atom is -0.496 e. The van der Waals surface area contributed by atoms with Gasteiger partial charge in [-0.2, -0.15) is 0 Å². The number of carbonyl (C=O) groups is 2. The van der Waals surface area contributed by atoms with Crippen LogP contribution in [0.4, 0.5) is 11.4 Å². The fourth-order valence-corrected chi connectivity index (χ4v) is 5.11. The SMILES string of the molecule is COc1cc(OC)c(NC(=O)CCCN2CCCN(CCCC(=O)Nc3cc(OC)c(OC)c(OC)c3)CC2)c(OC)c1. The first-order valence-corrected chi connectivity index (χ1v) is 14.5. The predicted molar refractivity (Wildman–Crippen MR) is 165 cm³/mol. The Labute approximate surface area is 254 Å². The Balaban J connectivity index is 1.38. The van der Waals surface area contributed by atoms with Crippen LogP contribution in [-0.2, 0) is 9.59 Å². The van der Waals surface area contributed by atoms with Crippen molar-refractivity contribution < 1.29 is 38.0 Å². The number of ether oxygens (including phenoxy) is 6. The molecule has 1 aliphatic rings. The lowest BCUT2D eigenvalue weighted by Gasteiger charge is -2.22. The summed E-state index contributed by atoms with van der Waals surface area (Å²) in [6.07, 6.45) is 3.35. The van der Waals surface area contributed by atoms with Crippen molar-refractivity contribution in [3.8, 4) is 34.5 Å². The zero-order chi connectivity index (χ0) is 31.2. The van der Waals surface area contributed by atoms with Crippen LogP contribution in [0.3, 0.4) is 0 Å². The Morgan fingerprint density at radius 3 is 1.56 bits per heavy atom. The topological polar surface area (TPSA) is 120 Å². The summed E-state index contributed by atoms with van der Waals surface area (Å²) in [5, 5.41) is 5.86. The number of amides is 2. The van der Waals surface area contributed by atoms with E-state index >= 15 is 0 Å². The van der Waals surface area contributed by atoms with Gasteiger partial charge in [0.1, 0.15) is 22.9 Å². The molecule has 12 nitrogen and oxygen atoms in total. The molecule has 1 saturated heterocycles. The van der Waals surface area contributed by atoms with Crippen LogP contribution in [0.5, 0.6) is 34.5 Å². The van der Waals surface area contributed by atoms with E-state index in [1.165, 1.54) is 0 Å². The van der Waals surface area contributed by atoms with Crippen molar-refractivity contribution in [2.75, 3.05) is 92.6 Å². The fourth-order valence-electron chi connectivity index (χ4n) is 5.11. The zero-order valence-electron chi connectivity index (χ0n) is 26.2. The van der Waals surface area contributed by atoms with Gasteiger partial charge in [0.25, 0.3) is 0 Å². The van der Waals surface area contributed by atoms with E-state index in [4.69, 9.17) is 28.4 Å². The molecule has 238 valence electrons. The van der Waals surface area contributed by atoms with E-state index in [1.807, 2.05) is 0 Å². The summed E-state index contributed by atoms with van der Waals surface area (Å²) in [5.41, 5.74) is 1.10. The van der Waals surface area contributed by atoms with E-state index in [-0.39, 0.29) is 11.8 Å². The minimum absolute atomic E-state index is 0.0612. The summed E-state index contributed by atoms with van der Waals surface area (Å²) < 4.78 is 32.2. The smallest absolute Gasteiger partial charge is 0.224 e. The van der Waals surface area contributed by atoms with E-state index in [9.17, 15) is 9.59 Å². The standard InChI is InChI=1S/C31H46N4O8/c1-38-23-20-24(39-2)30(25(21-23)40-3)33-29(37)11-8-13-35-15-9-14-34(16-17-35)12-7-10-28(36)32-22-18-26(41-4)31(43-6)27(19-22)42-5/h18-21H,7-17H2,1-6H3,(H,32,36)(H,33,37). The van der Waals surface area contributed by atoms with Gasteiger partial charge in [-0.25, -0.2) is 0 Å². The Hall–Kier alpha value is -3.90. The third kappa shape index (κ3) is 9.82. The molecule has 0 spiro atoms. The van der Waals surface area contributed by atoms with E-state index in [2.05, 4.69) is 20.4 Å². The highest BCUT2D eigenvalue weighted by atomic mass is 16.5. The van der Waals surface area contributed by atoms with Crippen LogP contribution < -0.4 is 39.1 Å². The van der Waals surface area contributed by atoms with Crippen LogP contribution >= 0.6 is 0 Å².